The molecular weight excluding hydrogens is 220 g/mol. The van der Waals surface area contributed by atoms with Crippen LogP contribution in [0.3, 0.4) is 0 Å². The topological polar surface area (TPSA) is 15.3 Å². The monoisotopic (exact) mass is 246 g/mol. The van der Waals surface area contributed by atoms with Crippen LogP contribution in [0.2, 0.25) is 0 Å². The quantitative estimate of drug-likeness (QED) is 0.878. The summed E-state index contributed by atoms with van der Waals surface area (Å²) in [7, 11) is 0. The summed E-state index contributed by atoms with van der Waals surface area (Å²) in [5.74, 6) is 0.715. The average molecular weight is 246 g/mol. The lowest BCUT2D eigenvalue weighted by molar-refractivity contribution is 0.117. The summed E-state index contributed by atoms with van der Waals surface area (Å²) in [6, 6.07) is 9.78. The van der Waals surface area contributed by atoms with Gasteiger partial charge in [0.2, 0.25) is 0 Å². The van der Waals surface area contributed by atoms with Crippen LogP contribution >= 0.6 is 0 Å². The Kier molecular flexibility index (Phi) is 4.79. The molecule has 1 unspecified atom stereocenters. The summed E-state index contributed by atoms with van der Waals surface area (Å²) in [5.41, 5.74) is 2.87. The van der Waals surface area contributed by atoms with Crippen molar-refractivity contribution in [2.45, 2.75) is 39.8 Å². The van der Waals surface area contributed by atoms with Crippen molar-refractivity contribution < 1.29 is 0 Å². The first-order valence-corrected chi connectivity index (χ1v) is 7.23. The van der Waals surface area contributed by atoms with E-state index in [1.807, 2.05) is 0 Å². The second-order valence-electron chi connectivity index (χ2n) is 5.66. The fraction of sp³-hybridized carbons (Fsp3) is 0.625. The molecule has 2 heteroatoms. The number of hydrogen-bond acceptors (Lipinski definition) is 2. The summed E-state index contributed by atoms with van der Waals surface area (Å²) in [6.07, 6.45) is 1.13. The predicted molar refractivity (Wildman–Crippen MR) is 77.7 cm³/mol. The van der Waals surface area contributed by atoms with Gasteiger partial charge < -0.3 is 5.32 Å². The molecule has 1 atom stereocenters. The van der Waals surface area contributed by atoms with Crippen LogP contribution in [0.1, 0.15) is 31.9 Å². The van der Waals surface area contributed by atoms with Gasteiger partial charge in [0, 0.05) is 32.2 Å². The average Bonchev–Trinajstić information content (AvgIpc) is 2.40. The van der Waals surface area contributed by atoms with Gasteiger partial charge in [-0.15, -0.1) is 0 Å². The lowest BCUT2D eigenvalue weighted by atomic mass is 9.99. The molecule has 100 valence electrons. The molecule has 2 rings (SSSR count). The number of hydrogen-bond donors (Lipinski definition) is 1. The van der Waals surface area contributed by atoms with Crippen LogP contribution in [0.15, 0.2) is 24.3 Å². The largest absolute Gasteiger partial charge is 0.314 e. The Labute approximate surface area is 111 Å². The first-order valence-electron chi connectivity index (χ1n) is 7.23. The van der Waals surface area contributed by atoms with Gasteiger partial charge in [-0.3, -0.25) is 4.90 Å². The molecule has 18 heavy (non-hydrogen) atoms. The van der Waals surface area contributed by atoms with Gasteiger partial charge in [-0.2, -0.15) is 0 Å². The Morgan fingerprint density at radius 1 is 1.22 bits per heavy atom. The van der Waals surface area contributed by atoms with Gasteiger partial charge in [0.25, 0.3) is 0 Å². The van der Waals surface area contributed by atoms with Crippen LogP contribution < -0.4 is 5.32 Å². The van der Waals surface area contributed by atoms with E-state index < -0.39 is 0 Å². The van der Waals surface area contributed by atoms with Gasteiger partial charge in [-0.1, -0.05) is 45.0 Å². The Balaban J connectivity index is 2.01. The Morgan fingerprint density at radius 2 is 1.89 bits per heavy atom. The van der Waals surface area contributed by atoms with E-state index in [0.717, 1.165) is 26.1 Å². The summed E-state index contributed by atoms with van der Waals surface area (Å²) < 4.78 is 0. The first kappa shape index (κ1) is 13.6. The van der Waals surface area contributed by atoms with Crippen molar-refractivity contribution in [2.24, 2.45) is 5.92 Å². The molecule has 0 bridgehead atoms. The molecule has 1 aromatic carbocycles. The van der Waals surface area contributed by atoms with Crippen molar-refractivity contribution in [3.8, 4) is 0 Å². The Bertz CT molecular complexity index is 356. The van der Waals surface area contributed by atoms with Gasteiger partial charge in [0.05, 0.1) is 0 Å². The minimum Gasteiger partial charge on any atom is -0.314 e. The van der Waals surface area contributed by atoms with Gasteiger partial charge >= 0.3 is 0 Å². The normalized spacial score (nSPS) is 21.4. The van der Waals surface area contributed by atoms with Crippen LogP contribution in [0, 0.1) is 5.92 Å². The van der Waals surface area contributed by atoms with E-state index in [-0.39, 0.29) is 0 Å². The van der Waals surface area contributed by atoms with Gasteiger partial charge in [0.1, 0.15) is 0 Å². The lowest BCUT2D eigenvalue weighted by Crippen LogP contribution is -2.52. The molecule has 0 amide bonds. The van der Waals surface area contributed by atoms with Gasteiger partial charge in [0.15, 0.2) is 0 Å². The maximum atomic E-state index is 3.51. The highest BCUT2D eigenvalue weighted by atomic mass is 15.2. The molecule has 0 saturated carbocycles. The van der Waals surface area contributed by atoms with E-state index in [2.05, 4.69) is 55.3 Å². The number of benzene rings is 1. The zero-order chi connectivity index (χ0) is 13.0. The molecule has 1 N–H and O–H groups in total. The molecule has 1 aliphatic rings. The standard InChI is InChI=1S/C16H26N2/c1-4-14-5-7-15(8-6-14)12-18-10-9-17-11-16(18)13(2)3/h5-8,13,16-17H,4,9-12H2,1-3H3. The predicted octanol–water partition coefficient (Wildman–Crippen LogP) is 2.68. The third kappa shape index (κ3) is 3.33. The number of nitrogens with one attached hydrogen (secondary N) is 1. The van der Waals surface area contributed by atoms with E-state index in [0.29, 0.717) is 12.0 Å². The van der Waals surface area contributed by atoms with Crippen molar-refractivity contribution in [3.63, 3.8) is 0 Å². The molecule has 0 aliphatic carbocycles. The van der Waals surface area contributed by atoms with Crippen molar-refractivity contribution in [1.82, 2.24) is 10.2 Å². The van der Waals surface area contributed by atoms with Crippen molar-refractivity contribution in [1.29, 1.82) is 0 Å². The van der Waals surface area contributed by atoms with E-state index in [1.165, 1.54) is 17.7 Å². The molecule has 0 spiro atoms. The minimum absolute atomic E-state index is 0.671. The minimum atomic E-state index is 0.671. The fourth-order valence-electron chi connectivity index (χ4n) is 2.74. The van der Waals surface area contributed by atoms with E-state index in [4.69, 9.17) is 0 Å². The molecule has 2 nitrogen and oxygen atoms in total. The lowest BCUT2D eigenvalue weighted by Gasteiger charge is -2.38. The second-order valence-corrected chi connectivity index (χ2v) is 5.66. The zero-order valence-corrected chi connectivity index (χ0v) is 11.9. The highest BCUT2D eigenvalue weighted by molar-refractivity contribution is 5.22. The summed E-state index contributed by atoms with van der Waals surface area (Å²) in [4.78, 5) is 2.63. The van der Waals surface area contributed by atoms with Crippen LogP contribution in [0.4, 0.5) is 0 Å². The second kappa shape index (κ2) is 6.35. The highest BCUT2D eigenvalue weighted by Crippen LogP contribution is 2.16. The van der Waals surface area contributed by atoms with Crippen molar-refractivity contribution in [3.05, 3.63) is 35.4 Å². The maximum absolute atomic E-state index is 3.51. The summed E-state index contributed by atoms with van der Waals surface area (Å²) in [5, 5.41) is 3.51. The van der Waals surface area contributed by atoms with Crippen LogP contribution in [0.25, 0.3) is 0 Å². The third-order valence-electron chi connectivity index (χ3n) is 3.98. The number of piperazine rings is 1. The molecular formula is C16H26N2. The molecule has 0 radical (unpaired) electrons. The number of nitrogens with zero attached hydrogens (tertiary/aromatic N) is 1. The molecule has 1 saturated heterocycles. The van der Waals surface area contributed by atoms with Crippen LogP contribution in [-0.2, 0) is 13.0 Å². The Hall–Kier alpha value is -0.860. The summed E-state index contributed by atoms with van der Waals surface area (Å²) in [6.45, 7) is 11.4. The molecule has 1 heterocycles. The van der Waals surface area contributed by atoms with Gasteiger partial charge in [-0.25, -0.2) is 0 Å². The SMILES string of the molecule is CCc1ccc(CN2CCNCC2C(C)C)cc1. The fourth-order valence-corrected chi connectivity index (χ4v) is 2.74. The van der Waals surface area contributed by atoms with E-state index in [9.17, 15) is 0 Å². The van der Waals surface area contributed by atoms with E-state index >= 15 is 0 Å². The third-order valence-corrected chi connectivity index (χ3v) is 3.98. The van der Waals surface area contributed by atoms with Crippen LogP contribution in [-0.4, -0.2) is 30.6 Å². The van der Waals surface area contributed by atoms with E-state index in [1.54, 1.807) is 0 Å². The first-order chi connectivity index (χ1) is 8.70. The maximum Gasteiger partial charge on any atom is 0.0247 e. The van der Waals surface area contributed by atoms with Gasteiger partial charge in [-0.05, 0) is 23.5 Å². The van der Waals surface area contributed by atoms with Crippen molar-refractivity contribution >= 4 is 0 Å². The highest BCUT2D eigenvalue weighted by Gasteiger charge is 2.24. The molecule has 1 fully saturated rings. The summed E-state index contributed by atoms with van der Waals surface area (Å²) >= 11 is 0. The smallest absolute Gasteiger partial charge is 0.0247 e. The van der Waals surface area contributed by atoms with Crippen LogP contribution in [0.5, 0.6) is 0 Å². The Morgan fingerprint density at radius 3 is 2.50 bits per heavy atom. The molecule has 0 aromatic heterocycles. The number of rotatable bonds is 4. The molecule has 1 aliphatic heterocycles. The zero-order valence-electron chi connectivity index (χ0n) is 11.9. The van der Waals surface area contributed by atoms with Crippen molar-refractivity contribution in [2.75, 3.05) is 19.6 Å². The number of aryl methyl sites for hydroxylation is 1. The molecule has 1 aromatic rings.